The van der Waals surface area contributed by atoms with E-state index in [1.165, 1.54) is 11.1 Å². The molecule has 2 heteroatoms. The fourth-order valence-corrected chi connectivity index (χ4v) is 3.29. The fraction of sp³-hybridized carbons (Fsp3) is 0.308. The lowest BCUT2D eigenvalue weighted by Crippen LogP contribution is -2.15. The van der Waals surface area contributed by atoms with Crippen LogP contribution in [-0.4, -0.2) is 7.85 Å². The largest absolute Gasteiger partial charge is 0.311 e. The van der Waals surface area contributed by atoms with Gasteiger partial charge in [-0.05, 0) is 58.4 Å². The van der Waals surface area contributed by atoms with Crippen LogP contribution in [0.25, 0.3) is 0 Å². The number of hydrogen-bond donors (Lipinski definition) is 0. The normalized spacial score (nSPS) is 12.1. The topological polar surface area (TPSA) is 3.24 Å². The van der Waals surface area contributed by atoms with Crippen molar-refractivity contribution in [1.82, 2.24) is 0 Å². The Morgan fingerprint density at radius 1 is 0.500 bits per heavy atom. The molecule has 0 aliphatic carbocycles. The summed E-state index contributed by atoms with van der Waals surface area (Å²) in [5.41, 5.74) is 7.09. The first-order valence-corrected chi connectivity index (χ1v) is 9.92. The van der Waals surface area contributed by atoms with Crippen LogP contribution in [-0.2, 0) is 10.8 Å². The first-order valence-electron chi connectivity index (χ1n) is 9.92. The van der Waals surface area contributed by atoms with Gasteiger partial charge in [-0.1, -0.05) is 83.4 Å². The van der Waals surface area contributed by atoms with Gasteiger partial charge in [-0.15, -0.1) is 0 Å². The zero-order valence-corrected chi connectivity index (χ0v) is 18.0. The van der Waals surface area contributed by atoms with Crippen molar-refractivity contribution in [2.24, 2.45) is 0 Å². The number of rotatable bonds is 3. The molecule has 0 saturated heterocycles. The van der Waals surface area contributed by atoms with Crippen molar-refractivity contribution in [2.45, 2.75) is 52.4 Å². The molecule has 0 bridgehead atoms. The Balaban J connectivity index is 2.06. The SMILES string of the molecule is [B]c1ccc(N(c2ccc(C(C)(C)C)cc2)c2ccc(C(C)(C)C)cc2)cc1. The van der Waals surface area contributed by atoms with E-state index in [9.17, 15) is 0 Å². The van der Waals surface area contributed by atoms with E-state index in [2.05, 4.69) is 107 Å². The molecular weight excluding hydrogens is 337 g/mol. The second-order valence-electron chi connectivity index (χ2n) is 9.52. The molecule has 0 aliphatic heterocycles. The molecule has 0 aliphatic rings. The number of anilines is 3. The van der Waals surface area contributed by atoms with Crippen molar-refractivity contribution in [3.8, 4) is 0 Å². The highest BCUT2D eigenvalue weighted by Gasteiger charge is 2.18. The van der Waals surface area contributed by atoms with Gasteiger partial charge in [0.1, 0.15) is 7.85 Å². The molecule has 0 spiro atoms. The second kappa shape index (κ2) is 7.51. The third-order valence-corrected chi connectivity index (χ3v) is 5.13. The summed E-state index contributed by atoms with van der Waals surface area (Å²) in [6, 6.07) is 25.8. The quantitative estimate of drug-likeness (QED) is 0.475. The molecule has 0 N–H and O–H groups in total. The van der Waals surface area contributed by atoms with Crippen LogP contribution in [0.1, 0.15) is 52.7 Å². The smallest absolute Gasteiger partial charge is 0.113 e. The van der Waals surface area contributed by atoms with Crippen LogP contribution in [0.2, 0.25) is 0 Å². The van der Waals surface area contributed by atoms with Gasteiger partial charge in [0.2, 0.25) is 0 Å². The monoisotopic (exact) mass is 367 g/mol. The Hall–Kier alpha value is -2.48. The first kappa shape index (κ1) is 20.3. The molecular formula is C26H30BN. The molecule has 142 valence electrons. The molecule has 0 atom stereocenters. The molecule has 0 aromatic heterocycles. The number of nitrogens with zero attached hydrogens (tertiary/aromatic N) is 1. The maximum atomic E-state index is 5.92. The van der Waals surface area contributed by atoms with Gasteiger partial charge in [0, 0.05) is 17.1 Å². The van der Waals surface area contributed by atoms with E-state index in [0.29, 0.717) is 0 Å². The van der Waals surface area contributed by atoms with Crippen LogP contribution in [0.4, 0.5) is 17.1 Å². The van der Waals surface area contributed by atoms with Gasteiger partial charge in [-0.25, -0.2) is 0 Å². The standard InChI is InChI=1S/C26H30BN/c1-25(2,3)19-7-13-22(14-8-19)28(24-17-11-21(27)12-18-24)23-15-9-20(10-16-23)26(4,5)6/h7-18H,1-6H3. The van der Waals surface area contributed by atoms with Crippen molar-refractivity contribution >= 4 is 30.4 Å². The maximum Gasteiger partial charge on any atom is 0.113 e. The summed E-state index contributed by atoms with van der Waals surface area (Å²) in [4.78, 5) is 2.28. The van der Waals surface area contributed by atoms with Crippen LogP contribution in [0.15, 0.2) is 72.8 Å². The van der Waals surface area contributed by atoms with Gasteiger partial charge >= 0.3 is 0 Å². The highest BCUT2D eigenvalue weighted by Crippen LogP contribution is 2.36. The lowest BCUT2D eigenvalue weighted by molar-refractivity contribution is 0.590. The summed E-state index contributed by atoms with van der Waals surface area (Å²) in [6.45, 7) is 13.4. The zero-order chi connectivity index (χ0) is 20.5. The molecule has 2 radical (unpaired) electrons. The van der Waals surface area contributed by atoms with E-state index >= 15 is 0 Å². The third-order valence-electron chi connectivity index (χ3n) is 5.13. The molecule has 0 heterocycles. The lowest BCUT2D eigenvalue weighted by atomic mass is 9.86. The number of benzene rings is 3. The van der Waals surface area contributed by atoms with Gasteiger partial charge in [0.25, 0.3) is 0 Å². The molecule has 3 rings (SSSR count). The predicted molar refractivity (Wildman–Crippen MR) is 124 cm³/mol. The Kier molecular flexibility index (Phi) is 5.43. The summed E-state index contributed by atoms with van der Waals surface area (Å²) in [5.74, 6) is 0. The lowest BCUT2D eigenvalue weighted by Gasteiger charge is -2.28. The molecule has 28 heavy (non-hydrogen) atoms. The van der Waals surface area contributed by atoms with Crippen LogP contribution in [0, 0.1) is 0 Å². The predicted octanol–water partition coefficient (Wildman–Crippen LogP) is 6.55. The van der Waals surface area contributed by atoms with Crippen LogP contribution >= 0.6 is 0 Å². The Labute approximate surface area is 171 Å². The van der Waals surface area contributed by atoms with Crippen molar-refractivity contribution in [2.75, 3.05) is 4.90 Å². The minimum atomic E-state index is 0.138. The van der Waals surface area contributed by atoms with E-state index in [-0.39, 0.29) is 10.8 Å². The van der Waals surface area contributed by atoms with E-state index in [1.807, 2.05) is 12.1 Å². The van der Waals surface area contributed by atoms with E-state index in [4.69, 9.17) is 7.85 Å². The minimum absolute atomic E-state index is 0.138. The van der Waals surface area contributed by atoms with Crippen LogP contribution in [0.5, 0.6) is 0 Å². The van der Waals surface area contributed by atoms with E-state index < -0.39 is 0 Å². The fourth-order valence-electron chi connectivity index (χ4n) is 3.29. The van der Waals surface area contributed by atoms with E-state index in [0.717, 1.165) is 22.5 Å². The Bertz CT molecular complexity index is 851. The second-order valence-corrected chi connectivity index (χ2v) is 9.52. The minimum Gasteiger partial charge on any atom is -0.311 e. The maximum absolute atomic E-state index is 5.92. The Morgan fingerprint density at radius 2 is 0.786 bits per heavy atom. The third kappa shape index (κ3) is 4.50. The number of hydrogen-bond acceptors (Lipinski definition) is 1. The summed E-state index contributed by atoms with van der Waals surface area (Å²) >= 11 is 0. The van der Waals surface area contributed by atoms with Gasteiger partial charge in [0.15, 0.2) is 0 Å². The molecule has 3 aromatic rings. The van der Waals surface area contributed by atoms with Gasteiger partial charge < -0.3 is 4.90 Å². The van der Waals surface area contributed by atoms with Gasteiger partial charge in [-0.2, -0.15) is 0 Å². The molecule has 3 aromatic carbocycles. The van der Waals surface area contributed by atoms with E-state index in [1.54, 1.807) is 0 Å². The summed E-state index contributed by atoms with van der Waals surface area (Å²) in [7, 11) is 5.92. The average Bonchev–Trinajstić information content (AvgIpc) is 2.63. The molecule has 0 unspecified atom stereocenters. The average molecular weight is 367 g/mol. The molecule has 0 amide bonds. The summed E-state index contributed by atoms with van der Waals surface area (Å²) in [6.07, 6.45) is 0. The molecule has 0 fully saturated rings. The highest BCUT2D eigenvalue weighted by molar-refractivity contribution is 6.32. The van der Waals surface area contributed by atoms with Gasteiger partial charge in [0.05, 0.1) is 0 Å². The first-order chi connectivity index (χ1) is 13.1. The Morgan fingerprint density at radius 3 is 1.07 bits per heavy atom. The molecule has 1 nitrogen and oxygen atoms in total. The van der Waals surface area contributed by atoms with Crippen LogP contribution in [0.3, 0.4) is 0 Å². The van der Waals surface area contributed by atoms with Crippen molar-refractivity contribution in [3.05, 3.63) is 83.9 Å². The summed E-state index contributed by atoms with van der Waals surface area (Å²) in [5, 5.41) is 0. The zero-order valence-electron chi connectivity index (χ0n) is 18.0. The van der Waals surface area contributed by atoms with Crippen molar-refractivity contribution in [1.29, 1.82) is 0 Å². The highest BCUT2D eigenvalue weighted by atomic mass is 15.1. The van der Waals surface area contributed by atoms with Crippen molar-refractivity contribution < 1.29 is 0 Å². The molecule has 0 saturated carbocycles. The van der Waals surface area contributed by atoms with Gasteiger partial charge in [-0.3, -0.25) is 0 Å². The van der Waals surface area contributed by atoms with Crippen molar-refractivity contribution in [3.63, 3.8) is 0 Å². The summed E-state index contributed by atoms with van der Waals surface area (Å²) < 4.78 is 0. The van der Waals surface area contributed by atoms with Crippen LogP contribution < -0.4 is 10.4 Å².